The molecule has 206 valence electrons. The van der Waals surface area contributed by atoms with Crippen molar-refractivity contribution >= 4 is 40.5 Å². The van der Waals surface area contributed by atoms with E-state index < -0.39 is 23.5 Å². The minimum Gasteiger partial charge on any atom is -0.371 e. The molecule has 8 nitrogen and oxygen atoms in total. The molecule has 1 fully saturated rings. The summed E-state index contributed by atoms with van der Waals surface area (Å²) in [5.74, 6) is -0.572. The van der Waals surface area contributed by atoms with Crippen molar-refractivity contribution in [3.05, 3.63) is 90.0 Å². The van der Waals surface area contributed by atoms with Gasteiger partial charge < -0.3 is 20.4 Å². The highest BCUT2D eigenvalue weighted by Crippen LogP contribution is 2.30. The van der Waals surface area contributed by atoms with Crippen molar-refractivity contribution in [2.24, 2.45) is 10.4 Å². The molecule has 8 heteroatoms. The number of hydrogen-bond donors (Lipinski definition) is 2. The standard InChI is InChI=1S/C32H35N5O3/c1-32(2,3)27(38)21-37-26-17-8-7-16-25(26)28(22-12-5-4-6-13-22)34-29(30(37)39)35-31(40)33-23-14-11-15-24(20-23)36-18-9-10-19-36/h4-8,11-17,20,29H,9-10,18-19,21H2,1-3H3,(H2,33,35,40). The molecule has 3 aromatic carbocycles. The first-order valence-electron chi connectivity index (χ1n) is 13.7. The van der Waals surface area contributed by atoms with Crippen LogP contribution in [-0.4, -0.2) is 49.2 Å². The molecule has 1 saturated heterocycles. The number of para-hydroxylation sites is 1. The van der Waals surface area contributed by atoms with Crippen molar-refractivity contribution in [3.8, 4) is 0 Å². The largest absolute Gasteiger partial charge is 0.371 e. The zero-order valence-corrected chi connectivity index (χ0v) is 23.2. The first kappa shape index (κ1) is 27.1. The maximum atomic E-state index is 14.0. The first-order valence-corrected chi connectivity index (χ1v) is 13.7. The number of ketones is 1. The van der Waals surface area contributed by atoms with Gasteiger partial charge in [-0.15, -0.1) is 0 Å². The van der Waals surface area contributed by atoms with Gasteiger partial charge in [-0.05, 0) is 37.1 Å². The molecule has 2 aliphatic rings. The van der Waals surface area contributed by atoms with Crippen LogP contribution in [0.1, 0.15) is 44.7 Å². The van der Waals surface area contributed by atoms with Crippen LogP contribution in [0.5, 0.6) is 0 Å². The Kier molecular flexibility index (Phi) is 7.69. The second-order valence-electron chi connectivity index (χ2n) is 11.2. The van der Waals surface area contributed by atoms with E-state index in [2.05, 4.69) is 15.5 Å². The van der Waals surface area contributed by atoms with Crippen LogP contribution < -0.4 is 20.4 Å². The maximum absolute atomic E-state index is 14.0. The van der Waals surface area contributed by atoms with Gasteiger partial charge in [-0.1, -0.05) is 75.4 Å². The number of rotatable bonds is 6. The number of nitrogens with zero attached hydrogens (tertiary/aromatic N) is 3. The van der Waals surface area contributed by atoms with E-state index in [1.165, 1.54) is 4.90 Å². The second-order valence-corrected chi connectivity index (χ2v) is 11.2. The molecular weight excluding hydrogens is 502 g/mol. The number of aliphatic imine (C=N–C) groups is 1. The fourth-order valence-electron chi connectivity index (χ4n) is 4.94. The number of carbonyl (C=O) groups is 3. The Hall–Kier alpha value is -4.46. The second kappa shape index (κ2) is 11.3. The number of nitrogens with one attached hydrogen (secondary N) is 2. The van der Waals surface area contributed by atoms with Crippen molar-refractivity contribution in [1.29, 1.82) is 0 Å². The van der Waals surface area contributed by atoms with E-state index in [1.807, 2.05) is 99.6 Å². The Labute approximate surface area is 235 Å². The van der Waals surface area contributed by atoms with Crippen LogP contribution >= 0.6 is 0 Å². The zero-order valence-electron chi connectivity index (χ0n) is 23.2. The fraction of sp³-hybridized carbons (Fsp3) is 0.312. The van der Waals surface area contributed by atoms with Gasteiger partial charge in [-0.2, -0.15) is 0 Å². The lowest BCUT2D eigenvalue weighted by molar-refractivity contribution is -0.127. The van der Waals surface area contributed by atoms with Crippen LogP contribution in [0.25, 0.3) is 0 Å². The summed E-state index contributed by atoms with van der Waals surface area (Å²) in [5.41, 5.74) is 3.69. The zero-order chi connectivity index (χ0) is 28.3. The SMILES string of the molecule is CC(C)(C)C(=O)CN1C(=O)C(NC(=O)Nc2cccc(N3CCCC3)c2)N=C(c2ccccc2)c2ccccc21. The first-order chi connectivity index (χ1) is 19.2. The van der Waals surface area contributed by atoms with Crippen LogP contribution in [0.2, 0.25) is 0 Å². The molecule has 0 aliphatic carbocycles. The number of fused-ring (bicyclic) bond motifs is 1. The van der Waals surface area contributed by atoms with E-state index >= 15 is 0 Å². The Bertz CT molecular complexity index is 1440. The average Bonchev–Trinajstić information content (AvgIpc) is 3.46. The number of anilines is 3. The molecule has 0 bridgehead atoms. The summed E-state index contributed by atoms with van der Waals surface area (Å²) < 4.78 is 0. The molecule has 0 spiro atoms. The average molecular weight is 538 g/mol. The third kappa shape index (κ3) is 5.91. The van der Waals surface area contributed by atoms with Crippen molar-refractivity contribution in [1.82, 2.24) is 5.32 Å². The Morgan fingerprint density at radius 1 is 0.925 bits per heavy atom. The summed E-state index contributed by atoms with van der Waals surface area (Å²) >= 11 is 0. The van der Waals surface area contributed by atoms with Gasteiger partial charge in [0.1, 0.15) is 0 Å². The monoisotopic (exact) mass is 537 g/mol. The number of amides is 3. The molecule has 2 heterocycles. The Morgan fingerprint density at radius 3 is 2.35 bits per heavy atom. The summed E-state index contributed by atoms with van der Waals surface area (Å²) in [7, 11) is 0. The highest BCUT2D eigenvalue weighted by Gasteiger charge is 2.36. The molecule has 3 amide bonds. The van der Waals surface area contributed by atoms with Crippen LogP contribution in [0, 0.1) is 5.41 Å². The number of hydrogen-bond acceptors (Lipinski definition) is 5. The molecule has 0 saturated carbocycles. The number of Topliss-reactive ketones (excluding diaryl/α,β-unsaturated/α-hetero) is 1. The van der Waals surface area contributed by atoms with Gasteiger partial charge in [-0.25, -0.2) is 9.79 Å². The lowest BCUT2D eigenvalue weighted by atomic mass is 9.90. The minimum absolute atomic E-state index is 0.0965. The molecular formula is C32H35N5O3. The third-order valence-corrected chi connectivity index (χ3v) is 7.24. The number of benzodiazepines with no additional fused rings is 1. The van der Waals surface area contributed by atoms with Gasteiger partial charge in [0.2, 0.25) is 6.17 Å². The predicted molar refractivity (Wildman–Crippen MR) is 159 cm³/mol. The van der Waals surface area contributed by atoms with Gasteiger partial charge in [-0.3, -0.25) is 9.59 Å². The summed E-state index contributed by atoms with van der Waals surface area (Å²) in [6, 6.07) is 24.1. The number of carbonyl (C=O) groups excluding carboxylic acids is 3. The molecule has 1 atom stereocenters. The van der Waals surface area contributed by atoms with Crippen molar-refractivity contribution in [2.45, 2.75) is 39.8 Å². The normalized spacial score (nSPS) is 17.1. The molecule has 5 rings (SSSR count). The fourth-order valence-corrected chi connectivity index (χ4v) is 4.94. The maximum Gasteiger partial charge on any atom is 0.321 e. The summed E-state index contributed by atoms with van der Waals surface area (Å²) in [5, 5.41) is 5.64. The van der Waals surface area contributed by atoms with E-state index in [1.54, 1.807) is 0 Å². The summed E-state index contributed by atoms with van der Waals surface area (Å²) in [6.07, 6.45) is 1.07. The van der Waals surface area contributed by atoms with Crippen molar-refractivity contribution in [2.75, 3.05) is 34.8 Å². The van der Waals surface area contributed by atoms with Crippen molar-refractivity contribution < 1.29 is 14.4 Å². The highest BCUT2D eigenvalue weighted by atomic mass is 16.2. The van der Waals surface area contributed by atoms with Gasteiger partial charge in [0, 0.05) is 41.0 Å². The Balaban J connectivity index is 1.47. The molecule has 0 aromatic heterocycles. The van der Waals surface area contributed by atoms with E-state index in [9.17, 15) is 14.4 Å². The molecule has 1 unspecified atom stereocenters. The smallest absolute Gasteiger partial charge is 0.321 e. The quantitative estimate of drug-likeness (QED) is 0.450. The lowest BCUT2D eigenvalue weighted by Crippen LogP contribution is -2.50. The third-order valence-electron chi connectivity index (χ3n) is 7.24. The molecule has 3 aromatic rings. The van der Waals surface area contributed by atoms with Gasteiger partial charge in [0.25, 0.3) is 5.91 Å². The summed E-state index contributed by atoms with van der Waals surface area (Å²) in [6.45, 7) is 7.34. The van der Waals surface area contributed by atoms with E-state index in [-0.39, 0.29) is 12.3 Å². The van der Waals surface area contributed by atoms with Crippen LogP contribution in [0.15, 0.2) is 83.9 Å². The molecule has 2 aliphatic heterocycles. The van der Waals surface area contributed by atoms with E-state index in [0.29, 0.717) is 22.6 Å². The molecule has 2 N–H and O–H groups in total. The van der Waals surface area contributed by atoms with Gasteiger partial charge in [0.05, 0.1) is 17.9 Å². The highest BCUT2D eigenvalue weighted by molar-refractivity contribution is 6.21. The Morgan fingerprint density at radius 2 is 1.62 bits per heavy atom. The van der Waals surface area contributed by atoms with Gasteiger partial charge >= 0.3 is 6.03 Å². The predicted octanol–water partition coefficient (Wildman–Crippen LogP) is 5.23. The number of benzene rings is 3. The molecule has 0 radical (unpaired) electrons. The summed E-state index contributed by atoms with van der Waals surface area (Å²) in [4.78, 5) is 48.9. The molecule has 40 heavy (non-hydrogen) atoms. The van der Waals surface area contributed by atoms with Crippen LogP contribution in [0.3, 0.4) is 0 Å². The van der Waals surface area contributed by atoms with Gasteiger partial charge in [0.15, 0.2) is 5.78 Å². The van der Waals surface area contributed by atoms with E-state index in [0.717, 1.165) is 37.2 Å². The number of urea groups is 1. The van der Waals surface area contributed by atoms with Crippen LogP contribution in [-0.2, 0) is 9.59 Å². The lowest BCUT2D eigenvalue weighted by Gasteiger charge is -2.28. The van der Waals surface area contributed by atoms with E-state index in [4.69, 9.17) is 4.99 Å². The van der Waals surface area contributed by atoms with Crippen LogP contribution in [0.4, 0.5) is 21.9 Å². The minimum atomic E-state index is -1.24. The topological polar surface area (TPSA) is 94.1 Å². The van der Waals surface area contributed by atoms with Crippen molar-refractivity contribution in [3.63, 3.8) is 0 Å².